The van der Waals surface area contributed by atoms with E-state index >= 15 is 0 Å². The van der Waals surface area contributed by atoms with Crippen LogP contribution < -0.4 is 0 Å². The summed E-state index contributed by atoms with van der Waals surface area (Å²) in [7, 11) is 0. The Balaban J connectivity index is 2.26. The second-order valence-electron chi connectivity index (χ2n) is 4.34. The molecule has 0 saturated carbocycles. The van der Waals surface area contributed by atoms with Crippen LogP contribution in [0.4, 0.5) is 0 Å². The predicted octanol–water partition coefficient (Wildman–Crippen LogP) is 3.14. The summed E-state index contributed by atoms with van der Waals surface area (Å²) in [6, 6.07) is 11.1. The van der Waals surface area contributed by atoms with Crippen LogP contribution in [0.15, 0.2) is 48.2 Å². The minimum atomic E-state index is -0.220. The Labute approximate surface area is 110 Å². The monoisotopic (exact) mass is 252 g/mol. The third-order valence-corrected chi connectivity index (χ3v) is 3.21. The molecule has 1 aliphatic rings. The van der Waals surface area contributed by atoms with Crippen LogP contribution in [0.25, 0.3) is 10.8 Å². The maximum Gasteiger partial charge on any atom is 0.228 e. The molecule has 0 heterocycles. The quantitative estimate of drug-likeness (QED) is 0.824. The minimum Gasteiger partial charge on any atom is -0.490 e. The zero-order valence-electron chi connectivity index (χ0n) is 10.5. The van der Waals surface area contributed by atoms with E-state index < -0.39 is 0 Å². The smallest absolute Gasteiger partial charge is 0.228 e. The van der Waals surface area contributed by atoms with Crippen molar-refractivity contribution >= 4 is 22.3 Å². The molecule has 1 aliphatic carbocycles. The number of carbonyl (C=O) groups is 2. The zero-order valence-corrected chi connectivity index (χ0v) is 10.5. The van der Waals surface area contributed by atoms with Crippen molar-refractivity contribution in [3.63, 3.8) is 0 Å². The molecule has 0 N–H and O–H groups in total. The molecule has 19 heavy (non-hydrogen) atoms. The molecule has 2 aromatic rings. The molecule has 0 aliphatic heterocycles. The Morgan fingerprint density at radius 1 is 1.05 bits per heavy atom. The van der Waals surface area contributed by atoms with Gasteiger partial charge in [-0.05, 0) is 23.8 Å². The topological polar surface area (TPSA) is 43.4 Å². The van der Waals surface area contributed by atoms with E-state index in [0.29, 0.717) is 17.7 Å². The second-order valence-corrected chi connectivity index (χ2v) is 4.34. The maximum atomic E-state index is 12.3. The van der Waals surface area contributed by atoms with Crippen molar-refractivity contribution < 1.29 is 14.3 Å². The highest BCUT2D eigenvalue weighted by Gasteiger charge is 2.28. The van der Waals surface area contributed by atoms with Crippen LogP contribution >= 0.6 is 0 Å². The standard InChI is InChI=1S/C16H12O3/c1-2-19-14-9-13(17)15-11-6-4-3-5-10(11)7-8-12(15)16(14)18/h3-9H,2H2,1H3. The molecule has 3 heteroatoms. The van der Waals surface area contributed by atoms with Gasteiger partial charge in [0.1, 0.15) is 0 Å². The van der Waals surface area contributed by atoms with Crippen molar-refractivity contribution in [3.8, 4) is 0 Å². The van der Waals surface area contributed by atoms with Crippen molar-refractivity contribution in [1.29, 1.82) is 0 Å². The summed E-state index contributed by atoms with van der Waals surface area (Å²) in [5, 5.41) is 1.76. The van der Waals surface area contributed by atoms with Gasteiger partial charge in [-0.25, -0.2) is 0 Å². The Kier molecular flexibility index (Phi) is 2.67. The Hall–Kier alpha value is -2.42. The van der Waals surface area contributed by atoms with E-state index in [9.17, 15) is 9.59 Å². The Bertz CT molecular complexity index is 726. The van der Waals surface area contributed by atoms with Gasteiger partial charge in [-0.15, -0.1) is 0 Å². The van der Waals surface area contributed by atoms with Crippen LogP contribution in [-0.2, 0) is 4.74 Å². The largest absolute Gasteiger partial charge is 0.490 e. The van der Waals surface area contributed by atoms with Gasteiger partial charge >= 0.3 is 0 Å². The number of hydrogen-bond acceptors (Lipinski definition) is 3. The molecule has 0 spiro atoms. The van der Waals surface area contributed by atoms with Gasteiger partial charge in [0.25, 0.3) is 0 Å². The Morgan fingerprint density at radius 2 is 1.84 bits per heavy atom. The molecule has 3 nitrogen and oxygen atoms in total. The number of Topliss-reactive ketones (excluding diaryl/α,β-unsaturated/α-hetero) is 1. The predicted molar refractivity (Wildman–Crippen MR) is 72.3 cm³/mol. The highest BCUT2D eigenvalue weighted by molar-refractivity contribution is 6.28. The summed E-state index contributed by atoms with van der Waals surface area (Å²) in [4.78, 5) is 24.5. The number of allylic oxidation sites excluding steroid dienone is 2. The van der Waals surface area contributed by atoms with Crippen LogP contribution in [-0.4, -0.2) is 18.2 Å². The van der Waals surface area contributed by atoms with Crippen molar-refractivity contribution in [3.05, 3.63) is 59.4 Å². The summed E-state index contributed by atoms with van der Waals surface area (Å²) in [5.74, 6) is -0.257. The first-order chi connectivity index (χ1) is 9.22. The molecule has 0 amide bonds. The average molecular weight is 252 g/mol. The summed E-state index contributed by atoms with van der Waals surface area (Å²) in [5.41, 5.74) is 0.904. The van der Waals surface area contributed by atoms with Crippen molar-refractivity contribution in [2.75, 3.05) is 6.61 Å². The molecule has 94 valence electrons. The number of ether oxygens (including phenoxy) is 1. The summed E-state index contributed by atoms with van der Waals surface area (Å²) < 4.78 is 5.23. The molecule has 0 unspecified atom stereocenters. The van der Waals surface area contributed by atoms with E-state index in [0.717, 1.165) is 10.8 Å². The SMILES string of the molecule is CCOC1=CC(=O)c2c(ccc3ccccc23)C1=O. The number of hydrogen-bond donors (Lipinski definition) is 0. The summed E-state index contributed by atoms with van der Waals surface area (Å²) >= 11 is 0. The molecule has 0 fully saturated rings. The fourth-order valence-electron chi connectivity index (χ4n) is 2.38. The lowest BCUT2D eigenvalue weighted by Crippen LogP contribution is -2.19. The maximum absolute atomic E-state index is 12.3. The number of fused-ring (bicyclic) bond motifs is 3. The zero-order chi connectivity index (χ0) is 13.4. The third-order valence-electron chi connectivity index (χ3n) is 3.21. The lowest BCUT2D eigenvalue weighted by atomic mass is 9.89. The molecule has 0 radical (unpaired) electrons. The van der Waals surface area contributed by atoms with Crippen molar-refractivity contribution in [1.82, 2.24) is 0 Å². The number of rotatable bonds is 2. The number of ketones is 2. The minimum absolute atomic E-state index is 0.135. The first kappa shape index (κ1) is 11.7. The molecule has 0 bridgehead atoms. The van der Waals surface area contributed by atoms with E-state index in [1.807, 2.05) is 30.3 Å². The summed E-state index contributed by atoms with van der Waals surface area (Å²) in [6.07, 6.45) is 1.29. The Morgan fingerprint density at radius 3 is 2.63 bits per heavy atom. The van der Waals surface area contributed by atoms with Crippen LogP contribution in [0.5, 0.6) is 0 Å². The normalized spacial score (nSPS) is 14.3. The summed E-state index contributed by atoms with van der Waals surface area (Å²) in [6.45, 7) is 2.16. The van der Waals surface area contributed by atoms with Crippen LogP contribution in [0.1, 0.15) is 27.6 Å². The lowest BCUT2D eigenvalue weighted by molar-refractivity contribution is 0.0892. The third kappa shape index (κ3) is 1.74. The second kappa shape index (κ2) is 4.35. The molecule has 2 aromatic carbocycles. The van der Waals surface area contributed by atoms with E-state index in [2.05, 4.69) is 0 Å². The first-order valence-electron chi connectivity index (χ1n) is 6.17. The van der Waals surface area contributed by atoms with Gasteiger partial charge in [0.15, 0.2) is 11.5 Å². The van der Waals surface area contributed by atoms with E-state index in [1.165, 1.54) is 6.08 Å². The highest BCUT2D eigenvalue weighted by atomic mass is 16.5. The van der Waals surface area contributed by atoms with Gasteiger partial charge < -0.3 is 4.74 Å². The van der Waals surface area contributed by atoms with Crippen LogP contribution in [0.3, 0.4) is 0 Å². The van der Waals surface area contributed by atoms with Gasteiger partial charge in [-0.2, -0.15) is 0 Å². The van der Waals surface area contributed by atoms with E-state index in [-0.39, 0.29) is 17.3 Å². The lowest BCUT2D eigenvalue weighted by Gasteiger charge is -2.16. The van der Waals surface area contributed by atoms with Crippen LogP contribution in [0, 0.1) is 0 Å². The molecular weight excluding hydrogens is 240 g/mol. The number of carbonyl (C=O) groups excluding carboxylic acids is 2. The molecule has 0 atom stereocenters. The van der Waals surface area contributed by atoms with Gasteiger partial charge in [-0.1, -0.05) is 30.3 Å². The van der Waals surface area contributed by atoms with Crippen molar-refractivity contribution in [2.45, 2.75) is 6.92 Å². The molecule has 3 rings (SSSR count). The van der Waals surface area contributed by atoms with E-state index in [4.69, 9.17) is 4.74 Å². The molecule has 0 aromatic heterocycles. The fourth-order valence-corrected chi connectivity index (χ4v) is 2.38. The first-order valence-corrected chi connectivity index (χ1v) is 6.17. The fraction of sp³-hybridized carbons (Fsp3) is 0.125. The van der Waals surface area contributed by atoms with E-state index in [1.54, 1.807) is 13.0 Å². The average Bonchev–Trinajstić information content (AvgIpc) is 2.43. The van der Waals surface area contributed by atoms with Gasteiger partial charge in [0.05, 0.1) is 6.61 Å². The number of benzene rings is 2. The van der Waals surface area contributed by atoms with Crippen molar-refractivity contribution in [2.24, 2.45) is 0 Å². The van der Waals surface area contributed by atoms with Gasteiger partial charge in [-0.3, -0.25) is 9.59 Å². The highest BCUT2D eigenvalue weighted by Crippen LogP contribution is 2.29. The molecular formula is C16H12O3. The van der Waals surface area contributed by atoms with Crippen LogP contribution in [0.2, 0.25) is 0 Å². The van der Waals surface area contributed by atoms with Gasteiger partial charge in [0, 0.05) is 17.2 Å². The van der Waals surface area contributed by atoms with Gasteiger partial charge in [0.2, 0.25) is 5.78 Å². The molecule has 0 saturated heterocycles.